The Hall–Kier alpha value is -1.31. The first kappa shape index (κ1) is 16.1. The highest BCUT2D eigenvalue weighted by Gasteiger charge is 2.14. The number of hydrogen-bond donors (Lipinski definition) is 1. The summed E-state index contributed by atoms with van der Waals surface area (Å²) in [6.45, 7) is 4.58. The normalized spacial score (nSPS) is 11.4. The summed E-state index contributed by atoms with van der Waals surface area (Å²) >= 11 is 7.13. The van der Waals surface area contributed by atoms with Gasteiger partial charge in [0, 0.05) is 19.3 Å². The predicted molar refractivity (Wildman–Crippen MR) is 84.1 cm³/mol. The minimum Gasteiger partial charge on any atom is -0.481 e. The lowest BCUT2D eigenvalue weighted by atomic mass is 10.4. The number of fused-ring (bicyclic) bond motifs is 1. The summed E-state index contributed by atoms with van der Waals surface area (Å²) in [5, 5.41) is 10.0. The van der Waals surface area contributed by atoms with Crippen molar-refractivity contribution in [3.63, 3.8) is 0 Å². The largest absolute Gasteiger partial charge is 0.481 e. The summed E-state index contributed by atoms with van der Waals surface area (Å²) in [5.41, 5.74) is 1.42. The van der Waals surface area contributed by atoms with Crippen LogP contribution in [0.2, 0.25) is 5.02 Å². The van der Waals surface area contributed by atoms with Crippen LogP contribution < -0.4 is 0 Å². The molecule has 2 aromatic heterocycles. The van der Waals surface area contributed by atoms with Crippen molar-refractivity contribution < 1.29 is 9.90 Å². The molecule has 2 aromatic rings. The molecule has 21 heavy (non-hydrogen) atoms. The van der Waals surface area contributed by atoms with Crippen LogP contribution in [0.3, 0.4) is 0 Å². The Bertz CT molecular complexity index is 646. The van der Waals surface area contributed by atoms with Gasteiger partial charge in [0.15, 0.2) is 10.8 Å². The van der Waals surface area contributed by atoms with E-state index in [1.54, 1.807) is 12.3 Å². The van der Waals surface area contributed by atoms with Crippen LogP contribution in [0.5, 0.6) is 0 Å². The number of likely N-dealkylation sites (N-methyl/N-ethyl adjacent to an activating group) is 1. The molecule has 8 heteroatoms. The third kappa shape index (κ3) is 4.09. The van der Waals surface area contributed by atoms with Crippen LogP contribution >= 0.6 is 23.4 Å². The first-order valence-electron chi connectivity index (χ1n) is 6.56. The molecule has 0 unspecified atom stereocenters. The lowest BCUT2D eigenvalue weighted by molar-refractivity contribution is -0.133. The average molecular weight is 329 g/mol. The lowest BCUT2D eigenvalue weighted by Crippen LogP contribution is -2.23. The number of imidazole rings is 1. The average Bonchev–Trinajstić information content (AvgIpc) is 2.79. The van der Waals surface area contributed by atoms with Crippen LogP contribution in [0.15, 0.2) is 17.4 Å². The van der Waals surface area contributed by atoms with Crippen molar-refractivity contribution in [1.82, 2.24) is 19.4 Å². The first-order valence-corrected chi connectivity index (χ1v) is 7.92. The number of aliphatic carboxylic acids is 1. The van der Waals surface area contributed by atoms with Gasteiger partial charge in [0.05, 0.1) is 10.8 Å². The van der Waals surface area contributed by atoms with Crippen LogP contribution in [0.25, 0.3) is 11.2 Å². The van der Waals surface area contributed by atoms with E-state index in [9.17, 15) is 4.79 Å². The minimum atomic E-state index is -0.865. The van der Waals surface area contributed by atoms with Gasteiger partial charge in [-0.25, -0.2) is 9.97 Å². The van der Waals surface area contributed by atoms with Gasteiger partial charge in [-0.2, -0.15) is 0 Å². The van der Waals surface area contributed by atoms with Gasteiger partial charge in [0.25, 0.3) is 0 Å². The smallest absolute Gasteiger partial charge is 0.313 e. The molecule has 0 saturated heterocycles. The Morgan fingerprint density at radius 1 is 1.57 bits per heavy atom. The van der Waals surface area contributed by atoms with Crippen molar-refractivity contribution in [2.24, 2.45) is 0 Å². The Balaban J connectivity index is 2.32. The van der Waals surface area contributed by atoms with Crippen LogP contribution in [0.4, 0.5) is 0 Å². The second kappa shape index (κ2) is 7.11. The number of hydrogen-bond acceptors (Lipinski definition) is 5. The summed E-state index contributed by atoms with van der Waals surface area (Å²) in [4.78, 5) is 21.7. The van der Waals surface area contributed by atoms with Gasteiger partial charge in [-0.05, 0) is 19.7 Å². The molecular formula is C13H17ClN4O2S. The van der Waals surface area contributed by atoms with Gasteiger partial charge in [-0.3, -0.25) is 4.79 Å². The molecule has 114 valence electrons. The molecule has 0 bridgehead atoms. The van der Waals surface area contributed by atoms with Crippen molar-refractivity contribution in [2.45, 2.75) is 18.6 Å². The van der Waals surface area contributed by atoms with Crippen molar-refractivity contribution in [3.8, 4) is 0 Å². The number of carboxylic acids is 1. The summed E-state index contributed by atoms with van der Waals surface area (Å²) < 4.78 is 1.95. The molecule has 0 aliphatic heterocycles. The van der Waals surface area contributed by atoms with E-state index >= 15 is 0 Å². The van der Waals surface area contributed by atoms with E-state index in [1.807, 2.05) is 11.6 Å². The number of carboxylic acid groups (broad SMARTS) is 1. The third-order valence-corrected chi connectivity index (χ3v) is 4.25. The van der Waals surface area contributed by atoms with Gasteiger partial charge in [-0.15, -0.1) is 0 Å². The van der Waals surface area contributed by atoms with Crippen molar-refractivity contribution in [2.75, 3.05) is 25.9 Å². The number of aromatic nitrogens is 3. The topological polar surface area (TPSA) is 71.2 Å². The molecule has 0 saturated carbocycles. The molecule has 0 aromatic carbocycles. The number of rotatable bonds is 7. The van der Waals surface area contributed by atoms with Crippen molar-refractivity contribution >= 4 is 40.5 Å². The number of carbonyl (C=O) groups is 1. The van der Waals surface area contributed by atoms with Crippen molar-refractivity contribution in [1.29, 1.82) is 0 Å². The van der Waals surface area contributed by atoms with Crippen LogP contribution in [-0.4, -0.2) is 56.4 Å². The molecule has 0 aliphatic carbocycles. The zero-order chi connectivity index (χ0) is 15.4. The molecule has 0 fully saturated rings. The molecule has 0 aliphatic rings. The minimum absolute atomic E-state index is 0.0271. The van der Waals surface area contributed by atoms with Crippen molar-refractivity contribution in [3.05, 3.63) is 17.3 Å². The Kier molecular flexibility index (Phi) is 5.44. The Morgan fingerprint density at radius 3 is 3.00 bits per heavy atom. The van der Waals surface area contributed by atoms with E-state index in [0.29, 0.717) is 22.2 Å². The molecule has 2 rings (SSSR count). The molecule has 2 heterocycles. The highest BCUT2D eigenvalue weighted by molar-refractivity contribution is 7.99. The van der Waals surface area contributed by atoms with Gasteiger partial charge >= 0.3 is 5.97 Å². The number of thioether (sulfide) groups is 1. The molecule has 0 radical (unpaired) electrons. The number of nitrogens with zero attached hydrogens (tertiary/aromatic N) is 4. The highest BCUT2D eigenvalue weighted by Crippen LogP contribution is 2.24. The maximum absolute atomic E-state index is 10.8. The van der Waals surface area contributed by atoms with E-state index < -0.39 is 5.97 Å². The standard InChI is InChI=1S/C13H17ClN4O2S/c1-3-17(2)4-5-18-12-10(6-9(14)7-15-12)16-13(18)21-8-11(19)20/h6-7H,3-5,8H2,1-2H3,(H,19,20). The summed E-state index contributed by atoms with van der Waals surface area (Å²) in [6, 6.07) is 1.74. The fourth-order valence-electron chi connectivity index (χ4n) is 1.83. The second-order valence-electron chi connectivity index (χ2n) is 4.62. The Labute approximate surface area is 132 Å². The van der Waals surface area contributed by atoms with Crippen LogP contribution in [0.1, 0.15) is 6.92 Å². The van der Waals surface area contributed by atoms with E-state index in [2.05, 4.69) is 21.8 Å². The summed E-state index contributed by atoms with van der Waals surface area (Å²) in [7, 11) is 2.04. The van der Waals surface area contributed by atoms with Gasteiger partial charge in [0.2, 0.25) is 0 Å². The molecule has 1 N–H and O–H groups in total. The zero-order valence-corrected chi connectivity index (χ0v) is 13.5. The van der Waals surface area contributed by atoms with E-state index in [0.717, 1.165) is 18.7 Å². The third-order valence-electron chi connectivity index (χ3n) is 3.09. The van der Waals surface area contributed by atoms with Gasteiger partial charge in [0.1, 0.15) is 5.52 Å². The quantitative estimate of drug-likeness (QED) is 0.786. The summed E-state index contributed by atoms with van der Waals surface area (Å²) in [6.07, 6.45) is 1.58. The molecule has 0 spiro atoms. The maximum atomic E-state index is 10.8. The summed E-state index contributed by atoms with van der Waals surface area (Å²) in [5.74, 6) is -0.893. The predicted octanol–water partition coefficient (Wildman–Crippen LogP) is 2.21. The lowest BCUT2D eigenvalue weighted by Gasteiger charge is -2.15. The first-order chi connectivity index (χ1) is 10.0. The maximum Gasteiger partial charge on any atom is 0.313 e. The van der Waals surface area contributed by atoms with E-state index in [-0.39, 0.29) is 5.75 Å². The van der Waals surface area contributed by atoms with Crippen LogP contribution in [-0.2, 0) is 11.3 Å². The monoisotopic (exact) mass is 328 g/mol. The molecule has 6 nitrogen and oxygen atoms in total. The van der Waals surface area contributed by atoms with E-state index in [1.165, 1.54) is 11.8 Å². The molecule has 0 atom stereocenters. The van der Waals surface area contributed by atoms with E-state index in [4.69, 9.17) is 16.7 Å². The van der Waals surface area contributed by atoms with Gasteiger partial charge in [-0.1, -0.05) is 30.3 Å². The van der Waals surface area contributed by atoms with Crippen LogP contribution in [0, 0.1) is 0 Å². The fourth-order valence-corrected chi connectivity index (χ4v) is 2.73. The number of pyridine rings is 1. The highest BCUT2D eigenvalue weighted by atomic mass is 35.5. The molecule has 0 amide bonds. The molecular weight excluding hydrogens is 312 g/mol. The fraction of sp³-hybridized carbons (Fsp3) is 0.462. The van der Waals surface area contributed by atoms with Gasteiger partial charge < -0.3 is 14.6 Å². The Morgan fingerprint density at radius 2 is 2.33 bits per heavy atom. The SMILES string of the molecule is CCN(C)CCn1c(SCC(=O)O)nc2cc(Cl)cnc21. The zero-order valence-electron chi connectivity index (χ0n) is 11.9. The number of halogens is 1. The second-order valence-corrected chi connectivity index (χ2v) is 6.00.